The lowest BCUT2D eigenvalue weighted by molar-refractivity contribution is 0.104. The Balaban J connectivity index is 1.98. The van der Waals surface area contributed by atoms with Crippen molar-refractivity contribution in [1.82, 2.24) is 5.32 Å². The van der Waals surface area contributed by atoms with E-state index in [1.807, 2.05) is 31.2 Å². The van der Waals surface area contributed by atoms with Gasteiger partial charge in [0, 0.05) is 11.6 Å². The van der Waals surface area contributed by atoms with Crippen LogP contribution in [0.1, 0.15) is 24.9 Å². The van der Waals surface area contributed by atoms with Crippen LogP contribution in [0.5, 0.6) is 5.75 Å². The monoisotopic (exact) mass is 250 g/mol. The van der Waals surface area contributed by atoms with Crippen LogP contribution in [0.3, 0.4) is 0 Å². The van der Waals surface area contributed by atoms with Gasteiger partial charge in [-0.1, -0.05) is 25.1 Å². The molecule has 0 saturated carbocycles. The highest BCUT2D eigenvalue weighted by Gasteiger charge is 2.23. The van der Waals surface area contributed by atoms with Crippen LogP contribution in [0.15, 0.2) is 24.3 Å². The van der Waals surface area contributed by atoms with E-state index in [0.29, 0.717) is 13.2 Å². The summed E-state index contributed by atoms with van der Waals surface area (Å²) in [5, 5.41) is 2.59. The lowest BCUT2D eigenvalue weighted by Crippen LogP contribution is -2.22. The van der Waals surface area contributed by atoms with Crippen molar-refractivity contribution in [2.45, 2.75) is 25.5 Å². The van der Waals surface area contributed by atoms with Crippen LogP contribution in [-0.2, 0) is 4.74 Å². The predicted molar refractivity (Wildman–Crippen MR) is 67.4 cm³/mol. The maximum Gasteiger partial charge on any atom is 0.407 e. The highest BCUT2D eigenvalue weighted by atomic mass is 16.6. The van der Waals surface area contributed by atoms with Gasteiger partial charge in [0.25, 0.3) is 0 Å². The van der Waals surface area contributed by atoms with Crippen LogP contribution < -0.4 is 15.8 Å². The average Bonchev–Trinajstić information content (AvgIpc) is 2.81. The number of rotatable bonds is 5. The molecule has 1 aliphatic heterocycles. The lowest BCUT2D eigenvalue weighted by atomic mass is 10.0. The van der Waals surface area contributed by atoms with Crippen molar-refractivity contribution < 1.29 is 14.3 Å². The van der Waals surface area contributed by atoms with E-state index < -0.39 is 0 Å². The number of alkyl carbamates (subject to hydrolysis) is 1. The van der Waals surface area contributed by atoms with Gasteiger partial charge in [-0.25, -0.2) is 4.79 Å². The number of amides is 1. The molecule has 1 heterocycles. The van der Waals surface area contributed by atoms with Crippen molar-refractivity contribution >= 4 is 6.09 Å². The molecule has 5 nitrogen and oxygen atoms in total. The van der Waals surface area contributed by atoms with Gasteiger partial charge >= 0.3 is 6.09 Å². The van der Waals surface area contributed by atoms with Gasteiger partial charge in [0.05, 0.1) is 6.54 Å². The molecule has 2 atom stereocenters. The number of cyclic esters (lactones) is 1. The average molecular weight is 250 g/mol. The SMILES string of the molecule is CC[C@H](N)c1ccccc1OCC1CNC(=O)O1. The first-order valence-corrected chi connectivity index (χ1v) is 6.12. The van der Waals surface area contributed by atoms with E-state index in [0.717, 1.165) is 17.7 Å². The quantitative estimate of drug-likeness (QED) is 0.832. The first-order chi connectivity index (χ1) is 8.70. The molecule has 0 aromatic heterocycles. The zero-order chi connectivity index (χ0) is 13.0. The highest BCUT2D eigenvalue weighted by Crippen LogP contribution is 2.25. The number of carbonyl (C=O) groups is 1. The molecule has 1 unspecified atom stereocenters. The number of ether oxygens (including phenoxy) is 2. The van der Waals surface area contributed by atoms with Crippen LogP contribution in [0, 0.1) is 0 Å². The highest BCUT2D eigenvalue weighted by molar-refractivity contribution is 5.69. The van der Waals surface area contributed by atoms with Gasteiger partial charge in [-0.15, -0.1) is 0 Å². The van der Waals surface area contributed by atoms with Crippen LogP contribution >= 0.6 is 0 Å². The van der Waals surface area contributed by atoms with Crippen molar-refractivity contribution in [3.63, 3.8) is 0 Å². The number of hydrogen-bond donors (Lipinski definition) is 2. The molecule has 18 heavy (non-hydrogen) atoms. The second-order valence-corrected chi connectivity index (χ2v) is 4.27. The van der Waals surface area contributed by atoms with Crippen molar-refractivity contribution in [3.8, 4) is 5.75 Å². The molecule has 98 valence electrons. The Morgan fingerprint density at radius 3 is 3.00 bits per heavy atom. The third-order valence-electron chi connectivity index (χ3n) is 2.93. The number of para-hydroxylation sites is 1. The molecule has 1 aliphatic rings. The van der Waals surface area contributed by atoms with Crippen LogP contribution in [0.2, 0.25) is 0 Å². The molecule has 1 saturated heterocycles. The fraction of sp³-hybridized carbons (Fsp3) is 0.462. The van der Waals surface area contributed by atoms with Crippen molar-refractivity contribution in [2.24, 2.45) is 5.73 Å². The minimum atomic E-state index is -0.387. The van der Waals surface area contributed by atoms with E-state index >= 15 is 0 Å². The minimum Gasteiger partial charge on any atom is -0.489 e. The van der Waals surface area contributed by atoms with Gasteiger partial charge in [0.1, 0.15) is 12.4 Å². The van der Waals surface area contributed by atoms with Crippen LogP contribution in [-0.4, -0.2) is 25.3 Å². The van der Waals surface area contributed by atoms with Gasteiger partial charge in [0.2, 0.25) is 0 Å². The Morgan fingerprint density at radius 2 is 2.33 bits per heavy atom. The fourth-order valence-electron chi connectivity index (χ4n) is 1.85. The first-order valence-electron chi connectivity index (χ1n) is 6.12. The van der Waals surface area contributed by atoms with Gasteiger partial charge in [-0.05, 0) is 12.5 Å². The molecule has 1 aromatic rings. The maximum atomic E-state index is 10.9. The minimum absolute atomic E-state index is 0.0366. The number of nitrogens with one attached hydrogen (secondary N) is 1. The summed E-state index contributed by atoms with van der Waals surface area (Å²) < 4.78 is 10.7. The van der Waals surface area contributed by atoms with E-state index in [1.54, 1.807) is 0 Å². The Hall–Kier alpha value is -1.75. The Bertz CT molecular complexity index is 422. The standard InChI is InChI=1S/C13H18N2O3/c1-2-11(14)10-5-3-4-6-12(10)17-8-9-7-15-13(16)18-9/h3-6,9,11H,2,7-8,14H2,1H3,(H,15,16)/t9?,11-/m0/s1. The summed E-state index contributed by atoms with van der Waals surface area (Å²) in [5.41, 5.74) is 7.01. The third-order valence-corrected chi connectivity index (χ3v) is 2.93. The smallest absolute Gasteiger partial charge is 0.407 e. The number of nitrogens with two attached hydrogens (primary N) is 1. The molecule has 5 heteroatoms. The summed E-state index contributed by atoms with van der Waals surface area (Å²) in [6.07, 6.45) is 0.228. The zero-order valence-electron chi connectivity index (χ0n) is 10.4. The summed E-state index contributed by atoms with van der Waals surface area (Å²) in [4.78, 5) is 10.9. The van der Waals surface area contributed by atoms with E-state index in [-0.39, 0.29) is 18.2 Å². The van der Waals surface area contributed by atoms with Gasteiger partial charge in [-0.3, -0.25) is 0 Å². The molecular weight excluding hydrogens is 232 g/mol. The molecule has 0 aliphatic carbocycles. The maximum absolute atomic E-state index is 10.9. The number of benzene rings is 1. The first kappa shape index (κ1) is 12.7. The van der Waals surface area contributed by atoms with E-state index in [2.05, 4.69) is 5.32 Å². The largest absolute Gasteiger partial charge is 0.489 e. The predicted octanol–water partition coefficient (Wildman–Crippen LogP) is 1.58. The number of carbonyl (C=O) groups excluding carboxylic acids is 1. The molecule has 0 bridgehead atoms. The molecule has 0 radical (unpaired) electrons. The second-order valence-electron chi connectivity index (χ2n) is 4.27. The van der Waals surface area contributed by atoms with Crippen LogP contribution in [0.25, 0.3) is 0 Å². The molecule has 0 spiro atoms. The summed E-state index contributed by atoms with van der Waals surface area (Å²) in [6.45, 7) is 2.86. The molecule has 1 amide bonds. The Labute approximate surface area is 106 Å². The fourth-order valence-corrected chi connectivity index (χ4v) is 1.85. The van der Waals surface area contributed by atoms with Gasteiger partial charge in [0.15, 0.2) is 6.10 Å². The molecule has 1 aromatic carbocycles. The topological polar surface area (TPSA) is 73.6 Å². The summed E-state index contributed by atoms with van der Waals surface area (Å²) in [5.74, 6) is 0.759. The van der Waals surface area contributed by atoms with Crippen molar-refractivity contribution in [2.75, 3.05) is 13.2 Å². The van der Waals surface area contributed by atoms with E-state index in [4.69, 9.17) is 15.2 Å². The molecule has 1 fully saturated rings. The van der Waals surface area contributed by atoms with E-state index in [9.17, 15) is 4.79 Å². The van der Waals surface area contributed by atoms with Crippen LogP contribution in [0.4, 0.5) is 4.79 Å². The zero-order valence-corrected chi connectivity index (χ0v) is 10.4. The van der Waals surface area contributed by atoms with E-state index in [1.165, 1.54) is 0 Å². The second kappa shape index (κ2) is 5.73. The third kappa shape index (κ3) is 2.92. The summed E-state index contributed by atoms with van der Waals surface area (Å²) in [6, 6.07) is 7.65. The number of hydrogen-bond acceptors (Lipinski definition) is 4. The lowest BCUT2D eigenvalue weighted by Gasteiger charge is -2.16. The Morgan fingerprint density at radius 1 is 1.56 bits per heavy atom. The molecule has 3 N–H and O–H groups in total. The van der Waals surface area contributed by atoms with Crippen molar-refractivity contribution in [1.29, 1.82) is 0 Å². The molecular formula is C13H18N2O3. The van der Waals surface area contributed by atoms with Crippen molar-refractivity contribution in [3.05, 3.63) is 29.8 Å². The molecule has 2 rings (SSSR count). The normalized spacial score (nSPS) is 20.1. The Kier molecular flexibility index (Phi) is 4.04. The van der Waals surface area contributed by atoms with Gasteiger partial charge in [-0.2, -0.15) is 0 Å². The van der Waals surface area contributed by atoms with Gasteiger partial charge < -0.3 is 20.5 Å². The summed E-state index contributed by atoms with van der Waals surface area (Å²) >= 11 is 0. The summed E-state index contributed by atoms with van der Waals surface area (Å²) in [7, 11) is 0.